The van der Waals surface area contributed by atoms with Crippen molar-refractivity contribution in [2.75, 3.05) is 13.7 Å². The van der Waals surface area contributed by atoms with Crippen molar-refractivity contribution < 1.29 is 21.7 Å². The number of hydrogen-bond acceptors (Lipinski definition) is 4. The maximum Gasteiger partial charge on any atom is 0.339 e. The number of methoxy groups -OCH3 is 1. The van der Waals surface area contributed by atoms with E-state index in [2.05, 4.69) is 0 Å². The third kappa shape index (κ3) is 4.05. The van der Waals surface area contributed by atoms with Crippen molar-refractivity contribution in [1.29, 1.82) is 0 Å². The summed E-state index contributed by atoms with van der Waals surface area (Å²) < 4.78 is 47.6. The van der Waals surface area contributed by atoms with Crippen LogP contribution in [0.4, 0.5) is 4.39 Å². The third-order valence-electron chi connectivity index (χ3n) is 3.13. The van der Waals surface area contributed by atoms with Gasteiger partial charge in [-0.3, -0.25) is 0 Å². The van der Waals surface area contributed by atoms with Gasteiger partial charge in [0.2, 0.25) is 0 Å². The SMILES string of the molecule is COCCc1ccc(OS(=O)(=O)c2ccc(F)cc2C)cc1. The summed E-state index contributed by atoms with van der Waals surface area (Å²) in [5, 5.41) is 0. The fraction of sp³-hybridized carbons (Fsp3) is 0.250. The Morgan fingerprint density at radius 3 is 2.36 bits per heavy atom. The fourth-order valence-corrected chi connectivity index (χ4v) is 3.14. The van der Waals surface area contributed by atoms with E-state index in [1.807, 2.05) is 0 Å². The van der Waals surface area contributed by atoms with Gasteiger partial charge in [-0.1, -0.05) is 12.1 Å². The van der Waals surface area contributed by atoms with Crippen molar-refractivity contribution in [2.24, 2.45) is 0 Å². The average molecular weight is 324 g/mol. The molecular weight excluding hydrogens is 307 g/mol. The van der Waals surface area contributed by atoms with Gasteiger partial charge >= 0.3 is 10.1 Å². The fourth-order valence-electron chi connectivity index (χ4n) is 2.00. The third-order valence-corrected chi connectivity index (χ3v) is 4.54. The largest absolute Gasteiger partial charge is 0.384 e. The Labute approximate surface area is 129 Å². The summed E-state index contributed by atoms with van der Waals surface area (Å²) in [6.07, 6.45) is 0.737. The first-order valence-corrected chi connectivity index (χ1v) is 8.12. The lowest BCUT2D eigenvalue weighted by Crippen LogP contribution is -2.11. The zero-order valence-electron chi connectivity index (χ0n) is 12.4. The summed E-state index contributed by atoms with van der Waals surface area (Å²) in [5.41, 5.74) is 1.32. The van der Waals surface area contributed by atoms with Gasteiger partial charge in [-0.05, 0) is 54.8 Å². The lowest BCUT2D eigenvalue weighted by Gasteiger charge is -2.10. The first-order valence-electron chi connectivity index (χ1n) is 6.71. The number of benzene rings is 2. The van der Waals surface area contributed by atoms with Gasteiger partial charge in [-0.2, -0.15) is 8.42 Å². The highest BCUT2D eigenvalue weighted by Gasteiger charge is 2.19. The normalized spacial score (nSPS) is 11.4. The van der Waals surface area contributed by atoms with E-state index in [1.165, 1.54) is 13.0 Å². The number of halogens is 1. The van der Waals surface area contributed by atoms with Crippen LogP contribution in [0.5, 0.6) is 5.75 Å². The number of rotatable bonds is 6. The van der Waals surface area contributed by atoms with Gasteiger partial charge in [-0.25, -0.2) is 4.39 Å². The summed E-state index contributed by atoms with van der Waals surface area (Å²) in [6.45, 7) is 2.11. The van der Waals surface area contributed by atoms with Crippen LogP contribution in [0.1, 0.15) is 11.1 Å². The molecule has 0 aliphatic carbocycles. The monoisotopic (exact) mass is 324 g/mol. The molecule has 0 saturated carbocycles. The molecule has 22 heavy (non-hydrogen) atoms. The van der Waals surface area contributed by atoms with Gasteiger partial charge in [0.05, 0.1) is 6.61 Å². The Morgan fingerprint density at radius 2 is 1.77 bits per heavy atom. The van der Waals surface area contributed by atoms with E-state index in [9.17, 15) is 12.8 Å². The standard InChI is InChI=1S/C16H17FO4S/c1-12-11-14(17)5-8-16(12)22(18,19)21-15-6-3-13(4-7-15)9-10-20-2/h3-8,11H,9-10H2,1-2H3. The van der Waals surface area contributed by atoms with Gasteiger partial charge < -0.3 is 8.92 Å². The highest BCUT2D eigenvalue weighted by Crippen LogP contribution is 2.22. The summed E-state index contributed by atoms with van der Waals surface area (Å²) in [6, 6.07) is 10.2. The molecule has 0 saturated heterocycles. The Hall–Kier alpha value is -1.92. The first kappa shape index (κ1) is 16.5. The van der Waals surface area contributed by atoms with Crippen LogP contribution in [0.2, 0.25) is 0 Å². The molecule has 0 aliphatic rings. The molecule has 6 heteroatoms. The Balaban J connectivity index is 2.18. The second-order valence-corrected chi connectivity index (χ2v) is 6.35. The maximum atomic E-state index is 13.1. The first-order chi connectivity index (χ1) is 10.4. The van der Waals surface area contributed by atoms with Gasteiger partial charge in [0.15, 0.2) is 0 Å². The van der Waals surface area contributed by atoms with E-state index in [4.69, 9.17) is 8.92 Å². The highest BCUT2D eigenvalue weighted by atomic mass is 32.2. The molecule has 0 N–H and O–H groups in total. The maximum absolute atomic E-state index is 13.1. The zero-order valence-corrected chi connectivity index (χ0v) is 13.2. The van der Waals surface area contributed by atoms with Crippen LogP contribution in [-0.4, -0.2) is 22.1 Å². The number of aryl methyl sites for hydroxylation is 1. The highest BCUT2D eigenvalue weighted by molar-refractivity contribution is 7.87. The summed E-state index contributed by atoms with van der Waals surface area (Å²) in [4.78, 5) is -0.0441. The molecule has 118 valence electrons. The minimum atomic E-state index is -3.98. The van der Waals surface area contributed by atoms with E-state index in [0.29, 0.717) is 12.2 Å². The topological polar surface area (TPSA) is 52.6 Å². The summed E-state index contributed by atoms with van der Waals surface area (Å²) in [5.74, 6) is -0.274. The Morgan fingerprint density at radius 1 is 1.09 bits per heavy atom. The van der Waals surface area contributed by atoms with Gasteiger partial charge in [-0.15, -0.1) is 0 Å². The van der Waals surface area contributed by atoms with Crippen LogP contribution in [-0.2, 0) is 21.3 Å². The van der Waals surface area contributed by atoms with Crippen molar-refractivity contribution in [3.05, 3.63) is 59.4 Å². The predicted octanol–water partition coefficient (Wildman–Crippen LogP) is 3.09. The van der Waals surface area contributed by atoms with E-state index >= 15 is 0 Å². The molecule has 0 unspecified atom stereocenters. The Kier molecular flexibility index (Phi) is 5.15. The molecule has 0 aliphatic heterocycles. The second-order valence-electron chi connectivity index (χ2n) is 4.83. The number of hydrogen-bond donors (Lipinski definition) is 0. The summed E-state index contributed by atoms with van der Waals surface area (Å²) >= 11 is 0. The minimum Gasteiger partial charge on any atom is -0.384 e. The predicted molar refractivity (Wildman–Crippen MR) is 81.0 cm³/mol. The van der Waals surface area contributed by atoms with Crippen LogP contribution in [0.25, 0.3) is 0 Å². The molecule has 2 aromatic rings. The lowest BCUT2D eigenvalue weighted by atomic mass is 10.1. The molecule has 0 spiro atoms. The molecule has 0 aromatic heterocycles. The minimum absolute atomic E-state index is 0.0441. The van der Waals surface area contributed by atoms with Gasteiger partial charge in [0.25, 0.3) is 0 Å². The van der Waals surface area contributed by atoms with Gasteiger partial charge in [0.1, 0.15) is 16.5 Å². The van der Waals surface area contributed by atoms with Crippen LogP contribution < -0.4 is 4.18 Å². The number of ether oxygens (including phenoxy) is 1. The van der Waals surface area contributed by atoms with Crippen molar-refractivity contribution in [3.63, 3.8) is 0 Å². The molecule has 0 bridgehead atoms. The van der Waals surface area contributed by atoms with Crippen LogP contribution in [0.15, 0.2) is 47.4 Å². The molecule has 0 amide bonds. The van der Waals surface area contributed by atoms with E-state index in [-0.39, 0.29) is 10.6 Å². The lowest BCUT2D eigenvalue weighted by molar-refractivity contribution is 0.202. The van der Waals surface area contributed by atoms with E-state index < -0.39 is 15.9 Å². The molecule has 0 heterocycles. The van der Waals surface area contributed by atoms with Crippen LogP contribution in [0.3, 0.4) is 0 Å². The van der Waals surface area contributed by atoms with Crippen molar-refractivity contribution in [2.45, 2.75) is 18.2 Å². The molecule has 4 nitrogen and oxygen atoms in total. The quantitative estimate of drug-likeness (QED) is 0.766. The van der Waals surface area contributed by atoms with Crippen molar-refractivity contribution in [3.8, 4) is 5.75 Å². The second kappa shape index (κ2) is 6.89. The molecule has 2 aromatic carbocycles. The van der Waals surface area contributed by atoms with Crippen LogP contribution >= 0.6 is 0 Å². The Bertz CT molecular complexity index is 739. The average Bonchev–Trinajstić information content (AvgIpc) is 2.45. The van der Waals surface area contributed by atoms with E-state index in [0.717, 1.165) is 24.1 Å². The smallest absolute Gasteiger partial charge is 0.339 e. The molecule has 0 radical (unpaired) electrons. The molecular formula is C16H17FO4S. The van der Waals surface area contributed by atoms with Crippen LogP contribution in [0, 0.1) is 12.7 Å². The van der Waals surface area contributed by atoms with Crippen molar-refractivity contribution >= 4 is 10.1 Å². The zero-order chi connectivity index (χ0) is 16.2. The van der Waals surface area contributed by atoms with Crippen molar-refractivity contribution in [1.82, 2.24) is 0 Å². The molecule has 2 rings (SSSR count). The van der Waals surface area contributed by atoms with Gasteiger partial charge in [0, 0.05) is 7.11 Å². The summed E-state index contributed by atoms with van der Waals surface area (Å²) in [7, 11) is -2.36. The molecule has 0 fully saturated rings. The molecule has 0 atom stereocenters. The van der Waals surface area contributed by atoms with E-state index in [1.54, 1.807) is 31.4 Å².